The quantitative estimate of drug-likeness (QED) is 0.550. The van der Waals surface area contributed by atoms with Gasteiger partial charge in [0.2, 0.25) is 0 Å². The lowest BCUT2D eigenvalue weighted by atomic mass is 10.2. The van der Waals surface area contributed by atoms with Crippen LogP contribution in [-0.4, -0.2) is 30.1 Å². The van der Waals surface area contributed by atoms with Crippen molar-refractivity contribution in [1.82, 2.24) is 9.62 Å². The topological polar surface area (TPSA) is 24.5 Å². The summed E-state index contributed by atoms with van der Waals surface area (Å²) in [6, 6.07) is 11.8. The molecule has 0 bridgehead atoms. The number of nitrogens with zero attached hydrogens (tertiary/aromatic N) is 1. The van der Waals surface area contributed by atoms with Crippen molar-refractivity contribution in [3.05, 3.63) is 58.6 Å². The lowest BCUT2D eigenvalue weighted by Crippen LogP contribution is -2.28. The summed E-state index contributed by atoms with van der Waals surface area (Å²) < 4.78 is 47.8. The van der Waals surface area contributed by atoms with Crippen molar-refractivity contribution in [3.63, 3.8) is 0 Å². The first-order chi connectivity index (χ1) is 13.9. The molecule has 1 saturated carbocycles. The predicted molar refractivity (Wildman–Crippen MR) is 109 cm³/mol. The average molecular weight is 443 g/mol. The fraction of sp³-hybridized carbons (Fsp3) is 0.429. The van der Waals surface area contributed by atoms with Crippen LogP contribution < -0.4 is 9.46 Å². The van der Waals surface area contributed by atoms with Gasteiger partial charge in [0.25, 0.3) is 0 Å². The Morgan fingerprint density at radius 1 is 1.10 bits per heavy atom. The molecule has 0 spiro atoms. The summed E-state index contributed by atoms with van der Waals surface area (Å²) in [5, 5.41) is 0.318. The Bertz CT molecular complexity index is 843. The molecule has 2 aromatic rings. The van der Waals surface area contributed by atoms with Crippen LogP contribution in [-0.2, 0) is 12.7 Å². The van der Waals surface area contributed by atoms with Gasteiger partial charge in [-0.25, -0.2) is 0 Å². The Balaban J connectivity index is 1.27. The molecule has 8 heteroatoms. The van der Waals surface area contributed by atoms with Crippen LogP contribution in [0.2, 0.25) is 5.02 Å². The molecule has 0 amide bonds. The van der Waals surface area contributed by atoms with Gasteiger partial charge < -0.3 is 4.74 Å². The molecule has 29 heavy (non-hydrogen) atoms. The fourth-order valence-electron chi connectivity index (χ4n) is 3.29. The van der Waals surface area contributed by atoms with Crippen LogP contribution >= 0.6 is 23.5 Å². The zero-order chi connectivity index (χ0) is 20.4. The van der Waals surface area contributed by atoms with Gasteiger partial charge in [-0.1, -0.05) is 23.7 Å². The number of alkyl halides is 3. The van der Waals surface area contributed by atoms with Crippen molar-refractivity contribution in [1.29, 1.82) is 0 Å². The second-order valence-electron chi connectivity index (χ2n) is 7.54. The van der Waals surface area contributed by atoms with E-state index in [1.54, 1.807) is 0 Å². The first-order valence-corrected chi connectivity index (χ1v) is 10.8. The molecule has 1 aliphatic carbocycles. The number of benzene rings is 2. The normalized spacial score (nSPS) is 20.2. The van der Waals surface area contributed by atoms with Crippen molar-refractivity contribution in [3.8, 4) is 5.75 Å². The second kappa shape index (κ2) is 8.76. The van der Waals surface area contributed by atoms with Crippen molar-refractivity contribution < 1.29 is 17.9 Å². The molecule has 1 aliphatic heterocycles. The SMILES string of the molecule is FC(F)(F)c1ccc(Cl)c(SN[C@@H]2CCN(Cc3ccc(OC4CC4)cc3)C2)c1. The molecule has 4 rings (SSSR count). The maximum Gasteiger partial charge on any atom is 0.416 e. The first kappa shape index (κ1) is 20.8. The van der Waals surface area contributed by atoms with Gasteiger partial charge in [-0.3, -0.25) is 9.62 Å². The number of nitrogens with one attached hydrogen (secondary N) is 1. The predicted octanol–water partition coefficient (Wildman–Crippen LogP) is 5.77. The molecule has 3 nitrogen and oxygen atoms in total. The molecule has 1 heterocycles. The fourth-order valence-corrected chi connectivity index (χ4v) is 4.36. The molecule has 0 aromatic heterocycles. The lowest BCUT2D eigenvalue weighted by molar-refractivity contribution is -0.137. The minimum Gasteiger partial charge on any atom is -0.490 e. The summed E-state index contributed by atoms with van der Waals surface area (Å²) in [6.45, 7) is 2.62. The Morgan fingerprint density at radius 3 is 2.55 bits per heavy atom. The molecule has 0 radical (unpaired) electrons. The van der Waals surface area contributed by atoms with E-state index < -0.39 is 11.7 Å². The highest BCUT2D eigenvalue weighted by Crippen LogP contribution is 2.35. The van der Waals surface area contributed by atoms with Gasteiger partial charge in [-0.05, 0) is 67.1 Å². The molecule has 1 atom stereocenters. The Labute approximate surface area is 177 Å². The third-order valence-corrected chi connectivity index (χ3v) is 6.47. The number of hydrogen-bond acceptors (Lipinski definition) is 4. The summed E-state index contributed by atoms with van der Waals surface area (Å²) in [4.78, 5) is 2.73. The van der Waals surface area contributed by atoms with Crippen LogP contribution in [0.3, 0.4) is 0 Å². The first-order valence-electron chi connectivity index (χ1n) is 9.64. The summed E-state index contributed by atoms with van der Waals surface area (Å²) >= 11 is 7.24. The van der Waals surface area contributed by atoms with Crippen LogP contribution in [0.25, 0.3) is 0 Å². The standard InChI is InChI=1S/C21H22ClF3N2OS/c22-19-8-3-15(21(23,24)25)11-20(19)29-26-16-9-10-27(13-16)12-14-1-4-17(5-2-14)28-18-6-7-18/h1-5,8,11,16,18,26H,6-7,9-10,12-13H2/t16-/m1/s1. The van der Waals surface area contributed by atoms with E-state index >= 15 is 0 Å². The van der Waals surface area contributed by atoms with Crippen LogP contribution in [0.15, 0.2) is 47.4 Å². The zero-order valence-electron chi connectivity index (χ0n) is 15.7. The highest BCUT2D eigenvalue weighted by molar-refractivity contribution is 7.97. The van der Waals surface area contributed by atoms with Gasteiger partial charge in [0.1, 0.15) is 5.75 Å². The highest BCUT2D eigenvalue weighted by atomic mass is 35.5. The van der Waals surface area contributed by atoms with Crippen molar-refractivity contribution in [2.24, 2.45) is 0 Å². The van der Waals surface area contributed by atoms with Gasteiger partial charge in [-0.2, -0.15) is 13.2 Å². The monoisotopic (exact) mass is 442 g/mol. The maximum absolute atomic E-state index is 12.9. The largest absolute Gasteiger partial charge is 0.490 e. The van der Waals surface area contributed by atoms with E-state index in [-0.39, 0.29) is 6.04 Å². The summed E-state index contributed by atoms with van der Waals surface area (Å²) in [6.07, 6.45) is -0.745. The van der Waals surface area contributed by atoms with Crippen LogP contribution in [0.4, 0.5) is 13.2 Å². The van der Waals surface area contributed by atoms with E-state index in [9.17, 15) is 13.2 Å². The van der Waals surface area contributed by atoms with Gasteiger partial charge in [0, 0.05) is 30.6 Å². The van der Waals surface area contributed by atoms with Crippen molar-refractivity contribution >= 4 is 23.5 Å². The van der Waals surface area contributed by atoms with Crippen LogP contribution in [0.1, 0.15) is 30.4 Å². The second-order valence-corrected chi connectivity index (χ2v) is 8.83. The summed E-state index contributed by atoms with van der Waals surface area (Å²) in [5.41, 5.74) is 0.538. The van der Waals surface area contributed by atoms with Crippen molar-refractivity contribution in [2.45, 2.75) is 49.0 Å². The van der Waals surface area contributed by atoms with E-state index in [0.717, 1.165) is 56.8 Å². The maximum atomic E-state index is 12.9. The number of rotatable bonds is 7. The average Bonchev–Trinajstić information content (AvgIpc) is 3.38. The molecular formula is C21H22ClF3N2OS. The number of halogens is 4. The highest BCUT2D eigenvalue weighted by Gasteiger charge is 2.31. The van der Waals surface area contributed by atoms with E-state index in [1.807, 2.05) is 12.1 Å². The molecular weight excluding hydrogens is 421 g/mol. The summed E-state index contributed by atoms with van der Waals surface area (Å²) in [5.74, 6) is 0.923. The van der Waals surface area contributed by atoms with E-state index in [2.05, 4.69) is 21.8 Å². The van der Waals surface area contributed by atoms with Gasteiger partial charge >= 0.3 is 6.18 Å². The molecule has 0 unspecified atom stereocenters. The molecule has 2 aliphatic rings. The van der Waals surface area contributed by atoms with Gasteiger partial charge in [0.05, 0.1) is 16.7 Å². The Hall–Kier alpha value is -1.41. The zero-order valence-corrected chi connectivity index (χ0v) is 17.3. The number of likely N-dealkylation sites (tertiary alicyclic amines) is 1. The van der Waals surface area contributed by atoms with E-state index in [0.29, 0.717) is 16.0 Å². The molecule has 1 saturated heterocycles. The number of ether oxygens (including phenoxy) is 1. The minimum absolute atomic E-state index is 0.197. The Kier molecular flexibility index (Phi) is 6.30. The Morgan fingerprint density at radius 2 is 1.86 bits per heavy atom. The minimum atomic E-state index is -4.37. The third-order valence-electron chi connectivity index (χ3n) is 5.02. The molecule has 1 N–H and O–H groups in total. The van der Waals surface area contributed by atoms with E-state index in [4.69, 9.17) is 16.3 Å². The third kappa shape index (κ3) is 5.81. The lowest BCUT2D eigenvalue weighted by Gasteiger charge is -2.17. The smallest absolute Gasteiger partial charge is 0.416 e. The van der Waals surface area contributed by atoms with Gasteiger partial charge in [0.15, 0.2) is 0 Å². The molecule has 2 aromatic carbocycles. The number of hydrogen-bond donors (Lipinski definition) is 1. The van der Waals surface area contributed by atoms with Crippen LogP contribution in [0.5, 0.6) is 5.75 Å². The summed E-state index contributed by atoms with van der Waals surface area (Å²) in [7, 11) is 0. The molecule has 2 fully saturated rings. The van der Waals surface area contributed by atoms with Crippen LogP contribution in [0, 0.1) is 0 Å². The van der Waals surface area contributed by atoms with E-state index in [1.165, 1.54) is 23.6 Å². The van der Waals surface area contributed by atoms with Gasteiger partial charge in [-0.15, -0.1) is 0 Å². The molecule has 156 valence electrons. The van der Waals surface area contributed by atoms with Crippen molar-refractivity contribution in [2.75, 3.05) is 13.1 Å².